The van der Waals surface area contributed by atoms with Crippen LogP contribution in [0.2, 0.25) is 0 Å². The Bertz CT molecular complexity index is 860. The molecule has 134 valence electrons. The van der Waals surface area contributed by atoms with E-state index in [9.17, 15) is 5.11 Å². The SMILES string of the molecule is CN1CCCC(N2CCCc3cc(-c4ccc(C#N)cc4O)nnc32)C1. The first kappa shape index (κ1) is 16.8. The molecule has 1 N–H and O–H groups in total. The van der Waals surface area contributed by atoms with Gasteiger partial charge in [0.05, 0.1) is 17.3 Å². The lowest BCUT2D eigenvalue weighted by Gasteiger charge is -2.41. The summed E-state index contributed by atoms with van der Waals surface area (Å²) in [5.74, 6) is 1.06. The number of phenols is 1. The fraction of sp³-hybridized carbons (Fsp3) is 0.450. The minimum absolute atomic E-state index is 0.0693. The van der Waals surface area contributed by atoms with E-state index in [-0.39, 0.29) is 5.75 Å². The third-order valence-electron chi connectivity index (χ3n) is 5.41. The van der Waals surface area contributed by atoms with E-state index in [2.05, 4.69) is 27.0 Å². The van der Waals surface area contributed by atoms with Gasteiger partial charge in [-0.2, -0.15) is 5.26 Å². The van der Waals surface area contributed by atoms with Crippen molar-refractivity contribution < 1.29 is 5.11 Å². The summed E-state index contributed by atoms with van der Waals surface area (Å²) in [4.78, 5) is 4.81. The Morgan fingerprint density at radius 1 is 1.19 bits per heavy atom. The maximum atomic E-state index is 10.2. The first-order valence-electron chi connectivity index (χ1n) is 9.21. The first-order valence-corrected chi connectivity index (χ1v) is 9.21. The van der Waals surface area contributed by atoms with Crippen LogP contribution in [0.5, 0.6) is 5.75 Å². The Hall–Kier alpha value is -2.65. The molecule has 1 aromatic carbocycles. The van der Waals surface area contributed by atoms with E-state index in [0.717, 1.165) is 31.7 Å². The fourth-order valence-corrected chi connectivity index (χ4v) is 4.09. The molecule has 0 saturated carbocycles. The van der Waals surface area contributed by atoms with Gasteiger partial charge in [-0.3, -0.25) is 0 Å². The number of nitriles is 1. The molecule has 3 heterocycles. The molecule has 6 nitrogen and oxygen atoms in total. The fourth-order valence-electron chi connectivity index (χ4n) is 4.09. The summed E-state index contributed by atoms with van der Waals surface area (Å²) >= 11 is 0. The lowest BCUT2D eigenvalue weighted by atomic mass is 9.98. The highest BCUT2D eigenvalue weighted by Gasteiger charge is 2.29. The number of benzene rings is 1. The van der Waals surface area contributed by atoms with Crippen LogP contribution >= 0.6 is 0 Å². The van der Waals surface area contributed by atoms with Crippen LogP contribution in [0.4, 0.5) is 5.82 Å². The van der Waals surface area contributed by atoms with Crippen molar-refractivity contribution in [1.82, 2.24) is 15.1 Å². The lowest BCUT2D eigenvalue weighted by molar-refractivity contribution is 0.242. The maximum Gasteiger partial charge on any atom is 0.154 e. The molecule has 0 bridgehead atoms. The van der Waals surface area contributed by atoms with Gasteiger partial charge in [0.2, 0.25) is 0 Å². The van der Waals surface area contributed by atoms with Crippen molar-refractivity contribution >= 4 is 5.82 Å². The van der Waals surface area contributed by atoms with Gasteiger partial charge in [-0.15, -0.1) is 10.2 Å². The van der Waals surface area contributed by atoms with Crippen LogP contribution in [-0.4, -0.2) is 52.9 Å². The quantitative estimate of drug-likeness (QED) is 0.898. The van der Waals surface area contributed by atoms with Crippen LogP contribution in [0.15, 0.2) is 24.3 Å². The van der Waals surface area contributed by atoms with Crippen molar-refractivity contribution in [2.45, 2.75) is 31.7 Å². The monoisotopic (exact) mass is 349 g/mol. The molecule has 0 spiro atoms. The number of rotatable bonds is 2. The summed E-state index contributed by atoms with van der Waals surface area (Å²) in [7, 11) is 2.18. The molecule has 1 saturated heterocycles. The van der Waals surface area contributed by atoms with Gasteiger partial charge < -0.3 is 14.9 Å². The Morgan fingerprint density at radius 3 is 2.85 bits per heavy atom. The standard InChI is InChI=1S/C20H23N5O/c1-24-8-3-5-16(13-24)25-9-2-4-15-11-18(22-23-20(15)25)17-7-6-14(12-21)10-19(17)26/h6-7,10-11,16,26H,2-5,8-9,13H2,1H3. The van der Waals surface area contributed by atoms with E-state index in [0.29, 0.717) is 22.9 Å². The van der Waals surface area contributed by atoms with Gasteiger partial charge in [0.1, 0.15) is 5.75 Å². The van der Waals surface area contributed by atoms with E-state index in [1.165, 1.54) is 31.0 Å². The zero-order valence-corrected chi connectivity index (χ0v) is 15.0. The van der Waals surface area contributed by atoms with Crippen LogP contribution in [-0.2, 0) is 6.42 Å². The molecule has 4 rings (SSSR count). The largest absolute Gasteiger partial charge is 0.507 e. The molecular formula is C20H23N5O. The van der Waals surface area contributed by atoms with Gasteiger partial charge in [0, 0.05) is 24.7 Å². The minimum atomic E-state index is 0.0693. The number of phenolic OH excluding ortho intramolecular Hbond substituents is 1. The van der Waals surface area contributed by atoms with E-state index < -0.39 is 0 Å². The molecule has 6 heteroatoms. The van der Waals surface area contributed by atoms with Crippen molar-refractivity contribution in [3.05, 3.63) is 35.4 Å². The molecular weight excluding hydrogens is 326 g/mol. The summed E-state index contributed by atoms with van der Waals surface area (Å²) < 4.78 is 0. The van der Waals surface area contributed by atoms with E-state index >= 15 is 0 Å². The number of aromatic nitrogens is 2. The Morgan fingerprint density at radius 2 is 2.08 bits per heavy atom. The molecule has 2 aliphatic heterocycles. The molecule has 2 aliphatic rings. The van der Waals surface area contributed by atoms with Gasteiger partial charge in [-0.05, 0) is 69.1 Å². The summed E-state index contributed by atoms with van der Waals surface area (Å²) in [5.41, 5.74) is 2.91. The Labute approximate surface area is 153 Å². The molecule has 0 amide bonds. The van der Waals surface area contributed by atoms with E-state index in [1.54, 1.807) is 12.1 Å². The number of anilines is 1. The van der Waals surface area contributed by atoms with Gasteiger partial charge in [0.15, 0.2) is 5.82 Å². The predicted octanol–water partition coefficient (Wildman–Crippen LogP) is 2.57. The molecule has 26 heavy (non-hydrogen) atoms. The molecule has 1 unspecified atom stereocenters. The Kier molecular flexibility index (Phi) is 4.48. The number of likely N-dealkylation sites (tertiary alicyclic amines) is 1. The molecule has 1 fully saturated rings. The zero-order valence-electron chi connectivity index (χ0n) is 15.0. The van der Waals surface area contributed by atoms with Crippen molar-refractivity contribution in [2.75, 3.05) is 31.6 Å². The van der Waals surface area contributed by atoms with Gasteiger partial charge in [-0.25, -0.2) is 0 Å². The van der Waals surface area contributed by atoms with Crippen molar-refractivity contribution in [1.29, 1.82) is 5.26 Å². The second-order valence-electron chi connectivity index (χ2n) is 7.28. The van der Waals surface area contributed by atoms with Crippen molar-refractivity contribution in [3.8, 4) is 23.1 Å². The number of aromatic hydroxyl groups is 1. The van der Waals surface area contributed by atoms with E-state index in [4.69, 9.17) is 5.26 Å². The third-order valence-corrected chi connectivity index (χ3v) is 5.41. The number of piperidine rings is 1. The smallest absolute Gasteiger partial charge is 0.154 e. The van der Waals surface area contributed by atoms with Crippen molar-refractivity contribution in [2.24, 2.45) is 0 Å². The van der Waals surface area contributed by atoms with Crippen LogP contribution < -0.4 is 4.90 Å². The molecule has 0 aliphatic carbocycles. The summed E-state index contributed by atoms with van der Waals surface area (Å²) in [6.45, 7) is 3.26. The first-order chi connectivity index (χ1) is 12.7. The number of hydrogen-bond donors (Lipinski definition) is 1. The van der Waals surface area contributed by atoms with Crippen LogP contribution in [0.25, 0.3) is 11.3 Å². The van der Waals surface area contributed by atoms with Gasteiger partial charge >= 0.3 is 0 Å². The number of nitrogens with zero attached hydrogens (tertiary/aromatic N) is 5. The summed E-state index contributed by atoms with van der Waals surface area (Å²) in [5, 5.41) is 28.1. The average molecular weight is 349 g/mol. The lowest BCUT2D eigenvalue weighted by Crippen LogP contribution is -2.49. The topological polar surface area (TPSA) is 76.3 Å². The second-order valence-corrected chi connectivity index (χ2v) is 7.28. The summed E-state index contributed by atoms with van der Waals surface area (Å²) in [6.07, 6.45) is 4.51. The summed E-state index contributed by atoms with van der Waals surface area (Å²) in [6, 6.07) is 9.48. The van der Waals surface area contributed by atoms with Crippen LogP contribution in [0.3, 0.4) is 0 Å². The van der Waals surface area contributed by atoms with Crippen LogP contribution in [0.1, 0.15) is 30.4 Å². The van der Waals surface area contributed by atoms with E-state index in [1.807, 2.05) is 12.1 Å². The molecule has 1 aromatic heterocycles. The Balaban J connectivity index is 1.66. The zero-order chi connectivity index (χ0) is 18.1. The number of likely N-dealkylation sites (N-methyl/N-ethyl adjacent to an activating group) is 1. The molecule has 2 aromatic rings. The van der Waals surface area contributed by atoms with Crippen LogP contribution in [0, 0.1) is 11.3 Å². The maximum absolute atomic E-state index is 10.2. The predicted molar refractivity (Wildman–Crippen MR) is 100 cm³/mol. The van der Waals surface area contributed by atoms with Gasteiger partial charge in [-0.1, -0.05) is 0 Å². The average Bonchev–Trinajstić information content (AvgIpc) is 2.67. The third kappa shape index (κ3) is 3.11. The normalized spacial score (nSPS) is 20.5. The number of fused-ring (bicyclic) bond motifs is 1. The second kappa shape index (κ2) is 6.93. The van der Waals surface area contributed by atoms with Crippen molar-refractivity contribution in [3.63, 3.8) is 0 Å². The molecule has 1 atom stereocenters. The highest BCUT2D eigenvalue weighted by molar-refractivity contribution is 5.69. The number of hydrogen-bond acceptors (Lipinski definition) is 6. The highest BCUT2D eigenvalue weighted by atomic mass is 16.3. The number of aryl methyl sites for hydroxylation is 1. The highest BCUT2D eigenvalue weighted by Crippen LogP contribution is 2.34. The minimum Gasteiger partial charge on any atom is -0.507 e. The van der Waals surface area contributed by atoms with Gasteiger partial charge in [0.25, 0.3) is 0 Å². The molecule has 0 radical (unpaired) electrons.